The molecule has 164 valence electrons. The monoisotopic (exact) mass is 486 g/mol. The van der Waals surface area contributed by atoms with Crippen LogP contribution in [0.25, 0.3) is 11.0 Å². The van der Waals surface area contributed by atoms with Crippen molar-refractivity contribution in [2.75, 3.05) is 5.32 Å². The summed E-state index contributed by atoms with van der Waals surface area (Å²) >= 11 is 7.18. The maximum absolute atomic E-state index is 13.2. The SMILES string of the molecule is Cc1ccc(NC(=O)[C@@H](Cc2ccccc2)NS(=O)(=O)c2cccc3nsnc23)c(Cl)c1. The molecule has 1 heterocycles. The van der Waals surface area contributed by atoms with Gasteiger partial charge >= 0.3 is 0 Å². The van der Waals surface area contributed by atoms with Crippen LogP contribution in [-0.4, -0.2) is 29.1 Å². The molecule has 4 rings (SSSR count). The fraction of sp³-hybridized carbons (Fsp3) is 0.136. The number of nitrogens with one attached hydrogen (secondary N) is 2. The number of halogens is 1. The number of hydrogen-bond donors (Lipinski definition) is 2. The second-order valence-electron chi connectivity index (χ2n) is 7.22. The summed E-state index contributed by atoms with van der Waals surface area (Å²) in [7, 11) is -4.07. The molecule has 1 amide bonds. The zero-order valence-corrected chi connectivity index (χ0v) is 19.3. The molecule has 0 spiro atoms. The van der Waals surface area contributed by atoms with E-state index in [-0.39, 0.29) is 16.8 Å². The molecule has 0 aliphatic rings. The van der Waals surface area contributed by atoms with Crippen LogP contribution in [0.4, 0.5) is 5.69 Å². The molecule has 0 fully saturated rings. The highest BCUT2D eigenvalue weighted by Gasteiger charge is 2.28. The number of hydrogen-bond acceptors (Lipinski definition) is 6. The van der Waals surface area contributed by atoms with Crippen molar-refractivity contribution >= 4 is 56.0 Å². The molecule has 0 saturated heterocycles. The standard InChI is InChI=1S/C22H19ClN4O3S2/c1-14-10-11-17(16(23)12-14)24-22(28)19(13-15-6-3-2-4-7-15)27-32(29,30)20-9-5-8-18-21(20)26-31-25-18/h2-12,19,27H,13H2,1H3,(H,24,28)/t19-/m1/s1. The van der Waals surface area contributed by atoms with Crippen molar-refractivity contribution in [3.05, 3.63) is 82.9 Å². The van der Waals surface area contributed by atoms with E-state index in [4.69, 9.17) is 11.6 Å². The Labute approximate surface area is 194 Å². The Kier molecular flexibility index (Phi) is 6.52. The first-order valence-electron chi connectivity index (χ1n) is 9.68. The van der Waals surface area contributed by atoms with Gasteiger partial charge in [-0.25, -0.2) is 8.42 Å². The Morgan fingerprint density at radius 1 is 1.06 bits per heavy atom. The minimum absolute atomic E-state index is 0.0250. The van der Waals surface area contributed by atoms with Crippen LogP contribution in [-0.2, 0) is 21.2 Å². The lowest BCUT2D eigenvalue weighted by Gasteiger charge is -2.19. The van der Waals surface area contributed by atoms with Crippen LogP contribution in [0.1, 0.15) is 11.1 Å². The number of carbonyl (C=O) groups excluding carboxylic acids is 1. The van der Waals surface area contributed by atoms with Crippen molar-refractivity contribution in [1.29, 1.82) is 0 Å². The molecule has 1 aromatic heterocycles. The summed E-state index contributed by atoms with van der Waals surface area (Å²) in [4.78, 5) is 13.1. The molecule has 10 heteroatoms. The van der Waals surface area contributed by atoms with Gasteiger partial charge in [-0.2, -0.15) is 13.5 Å². The Morgan fingerprint density at radius 3 is 2.59 bits per heavy atom. The first-order chi connectivity index (χ1) is 15.3. The molecular weight excluding hydrogens is 468 g/mol. The van der Waals surface area contributed by atoms with Gasteiger partial charge in [0.1, 0.15) is 22.0 Å². The highest BCUT2D eigenvalue weighted by atomic mass is 35.5. The molecule has 0 aliphatic heterocycles. The maximum Gasteiger partial charge on any atom is 0.243 e. The van der Waals surface area contributed by atoms with Gasteiger partial charge in [0.2, 0.25) is 15.9 Å². The molecule has 4 aromatic rings. The average Bonchev–Trinajstić information content (AvgIpc) is 3.24. The van der Waals surface area contributed by atoms with Crippen LogP contribution in [0.15, 0.2) is 71.6 Å². The number of amides is 1. The number of aryl methyl sites for hydroxylation is 1. The van der Waals surface area contributed by atoms with E-state index in [0.29, 0.717) is 16.2 Å². The third-order valence-corrected chi connectivity index (χ3v) is 7.18. The van der Waals surface area contributed by atoms with Gasteiger partial charge in [0.15, 0.2) is 0 Å². The first kappa shape index (κ1) is 22.3. The first-order valence-corrected chi connectivity index (χ1v) is 12.3. The van der Waals surface area contributed by atoms with E-state index >= 15 is 0 Å². The topological polar surface area (TPSA) is 101 Å². The Balaban J connectivity index is 1.66. The summed E-state index contributed by atoms with van der Waals surface area (Å²) in [6.07, 6.45) is 0.153. The zero-order chi connectivity index (χ0) is 22.7. The molecule has 0 radical (unpaired) electrons. The molecule has 0 aliphatic carbocycles. The van der Waals surface area contributed by atoms with Crippen LogP contribution >= 0.6 is 23.3 Å². The molecule has 32 heavy (non-hydrogen) atoms. The minimum atomic E-state index is -4.07. The fourth-order valence-electron chi connectivity index (χ4n) is 3.23. The van der Waals surface area contributed by atoms with Crippen molar-refractivity contribution in [3.8, 4) is 0 Å². The highest BCUT2D eigenvalue weighted by molar-refractivity contribution is 7.89. The van der Waals surface area contributed by atoms with E-state index in [9.17, 15) is 13.2 Å². The molecule has 0 saturated carbocycles. The molecule has 0 unspecified atom stereocenters. The van der Waals surface area contributed by atoms with Gasteiger partial charge < -0.3 is 5.32 Å². The van der Waals surface area contributed by atoms with E-state index in [0.717, 1.165) is 22.9 Å². The Morgan fingerprint density at radius 2 is 1.84 bits per heavy atom. The van der Waals surface area contributed by atoms with E-state index in [1.54, 1.807) is 24.3 Å². The molecule has 2 N–H and O–H groups in total. The zero-order valence-electron chi connectivity index (χ0n) is 16.9. The summed E-state index contributed by atoms with van der Waals surface area (Å²) < 4.78 is 37.2. The fourth-order valence-corrected chi connectivity index (χ4v) is 5.47. The third-order valence-electron chi connectivity index (χ3n) is 4.82. The number of nitrogens with zero attached hydrogens (tertiary/aromatic N) is 2. The van der Waals surface area contributed by atoms with Crippen LogP contribution in [0.3, 0.4) is 0 Å². The van der Waals surface area contributed by atoms with Gasteiger partial charge in [0, 0.05) is 0 Å². The minimum Gasteiger partial charge on any atom is -0.323 e. The maximum atomic E-state index is 13.2. The molecule has 7 nitrogen and oxygen atoms in total. The van der Waals surface area contributed by atoms with Crippen molar-refractivity contribution in [3.63, 3.8) is 0 Å². The van der Waals surface area contributed by atoms with Gasteiger partial charge in [-0.05, 0) is 48.7 Å². The normalized spacial score (nSPS) is 12.6. The molecule has 3 aromatic carbocycles. The number of anilines is 1. The number of aromatic nitrogens is 2. The van der Waals surface area contributed by atoms with Gasteiger partial charge in [0.25, 0.3) is 0 Å². The van der Waals surface area contributed by atoms with Crippen molar-refractivity contribution in [2.45, 2.75) is 24.3 Å². The second-order valence-corrected chi connectivity index (χ2v) is 9.84. The summed E-state index contributed by atoms with van der Waals surface area (Å²) in [6.45, 7) is 1.89. The van der Waals surface area contributed by atoms with Gasteiger partial charge in [-0.1, -0.05) is 54.1 Å². The van der Waals surface area contributed by atoms with Crippen molar-refractivity contribution < 1.29 is 13.2 Å². The van der Waals surface area contributed by atoms with E-state index < -0.39 is 22.0 Å². The quantitative estimate of drug-likeness (QED) is 0.408. The van der Waals surface area contributed by atoms with Gasteiger partial charge in [-0.3, -0.25) is 4.79 Å². The van der Waals surface area contributed by atoms with Crippen LogP contribution < -0.4 is 10.0 Å². The summed E-state index contributed by atoms with van der Waals surface area (Å²) in [5.74, 6) is -0.522. The van der Waals surface area contributed by atoms with Gasteiger partial charge in [0.05, 0.1) is 22.4 Å². The lowest BCUT2D eigenvalue weighted by Crippen LogP contribution is -2.45. The number of sulfonamides is 1. The molecule has 0 bridgehead atoms. The predicted octanol–water partition coefficient (Wildman–Crippen LogP) is 4.18. The van der Waals surface area contributed by atoms with E-state index in [1.165, 1.54) is 6.07 Å². The van der Waals surface area contributed by atoms with Crippen LogP contribution in [0.2, 0.25) is 5.02 Å². The van der Waals surface area contributed by atoms with Crippen molar-refractivity contribution in [2.24, 2.45) is 0 Å². The van der Waals surface area contributed by atoms with E-state index in [1.807, 2.05) is 43.3 Å². The summed E-state index contributed by atoms with van der Waals surface area (Å²) in [5.41, 5.74) is 2.91. The Bertz CT molecular complexity index is 1370. The summed E-state index contributed by atoms with van der Waals surface area (Å²) in [5, 5.41) is 3.11. The lowest BCUT2D eigenvalue weighted by atomic mass is 10.1. The number of fused-ring (bicyclic) bond motifs is 1. The number of benzene rings is 3. The second kappa shape index (κ2) is 9.33. The predicted molar refractivity (Wildman–Crippen MR) is 126 cm³/mol. The summed E-state index contributed by atoms with van der Waals surface area (Å²) in [6, 6.07) is 18.0. The number of carbonyl (C=O) groups is 1. The van der Waals surface area contributed by atoms with E-state index in [2.05, 4.69) is 18.8 Å². The largest absolute Gasteiger partial charge is 0.323 e. The lowest BCUT2D eigenvalue weighted by molar-refractivity contribution is -0.117. The van der Waals surface area contributed by atoms with Crippen LogP contribution in [0.5, 0.6) is 0 Å². The molecular formula is C22H19ClN4O3S2. The smallest absolute Gasteiger partial charge is 0.243 e. The Hall–Kier alpha value is -2.85. The average molecular weight is 487 g/mol. The van der Waals surface area contributed by atoms with Crippen LogP contribution in [0, 0.1) is 6.92 Å². The third kappa shape index (κ3) is 4.97. The highest BCUT2D eigenvalue weighted by Crippen LogP contribution is 2.24. The van der Waals surface area contributed by atoms with Gasteiger partial charge in [-0.15, -0.1) is 0 Å². The number of rotatable bonds is 7. The molecule has 1 atom stereocenters. The van der Waals surface area contributed by atoms with Crippen molar-refractivity contribution in [1.82, 2.24) is 13.5 Å².